The van der Waals surface area contributed by atoms with Gasteiger partial charge in [0.2, 0.25) is 5.89 Å². The first-order chi connectivity index (χ1) is 9.78. The summed E-state index contributed by atoms with van der Waals surface area (Å²) in [6.07, 6.45) is 3.48. The van der Waals surface area contributed by atoms with Crippen LogP contribution in [0.5, 0.6) is 5.75 Å². The molecule has 0 saturated carbocycles. The molecular formula is C16H14N2O2. The Morgan fingerprint density at radius 1 is 0.950 bits per heavy atom. The van der Waals surface area contributed by atoms with Crippen molar-refractivity contribution in [2.24, 2.45) is 0 Å². The molecule has 0 bridgehead atoms. The fraction of sp³-hybridized carbons (Fsp3) is 0.125. The largest absolute Gasteiger partial charge is 0.497 e. The minimum absolute atomic E-state index is 0.608. The van der Waals surface area contributed by atoms with Crippen LogP contribution in [0.1, 0.15) is 5.69 Å². The zero-order valence-corrected chi connectivity index (χ0v) is 11.3. The number of oxazole rings is 1. The van der Waals surface area contributed by atoms with Gasteiger partial charge in [-0.15, -0.1) is 0 Å². The highest BCUT2D eigenvalue weighted by Gasteiger charge is 2.13. The van der Waals surface area contributed by atoms with Crippen molar-refractivity contribution in [1.29, 1.82) is 0 Å². The molecule has 0 aliphatic heterocycles. The topological polar surface area (TPSA) is 48.2 Å². The number of rotatable bonds is 3. The van der Waals surface area contributed by atoms with Gasteiger partial charge in [0.05, 0.1) is 12.8 Å². The van der Waals surface area contributed by atoms with Gasteiger partial charge >= 0.3 is 0 Å². The first-order valence-corrected chi connectivity index (χ1v) is 6.30. The van der Waals surface area contributed by atoms with Crippen LogP contribution in [0.2, 0.25) is 0 Å². The highest BCUT2D eigenvalue weighted by Crippen LogP contribution is 2.29. The second-order valence-corrected chi connectivity index (χ2v) is 4.40. The molecule has 20 heavy (non-hydrogen) atoms. The van der Waals surface area contributed by atoms with Gasteiger partial charge in [0, 0.05) is 23.5 Å². The molecule has 1 aromatic carbocycles. The van der Waals surface area contributed by atoms with Crippen molar-refractivity contribution in [3.8, 4) is 28.5 Å². The summed E-state index contributed by atoms with van der Waals surface area (Å²) in [7, 11) is 1.64. The van der Waals surface area contributed by atoms with E-state index in [0.717, 1.165) is 28.3 Å². The van der Waals surface area contributed by atoms with Crippen molar-refractivity contribution in [2.75, 3.05) is 7.11 Å². The molecule has 0 spiro atoms. The van der Waals surface area contributed by atoms with Crippen LogP contribution in [0.4, 0.5) is 0 Å². The molecule has 4 nitrogen and oxygen atoms in total. The second-order valence-electron chi connectivity index (χ2n) is 4.40. The monoisotopic (exact) mass is 266 g/mol. The first kappa shape index (κ1) is 12.4. The Labute approximate surface area is 117 Å². The van der Waals surface area contributed by atoms with Gasteiger partial charge in [-0.3, -0.25) is 4.98 Å². The predicted molar refractivity (Wildman–Crippen MR) is 76.5 cm³/mol. The van der Waals surface area contributed by atoms with E-state index in [1.54, 1.807) is 19.5 Å². The Morgan fingerprint density at radius 2 is 1.65 bits per heavy atom. The van der Waals surface area contributed by atoms with Crippen LogP contribution in [-0.2, 0) is 0 Å². The van der Waals surface area contributed by atoms with E-state index in [1.807, 2.05) is 43.3 Å². The average Bonchev–Trinajstić information content (AvgIpc) is 2.90. The lowest BCUT2D eigenvalue weighted by Gasteiger charge is -2.00. The second kappa shape index (κ2) is 5.17. The van der Waals surface area contributed by atoms with Crippen LogP contribution in [0.15, 0.2) is 53.2 Å². The number of ether oxygens (including phenoxy) is 1. The van der Waals surface area contributed by atoms with Crippen LogP contribution in [-0.4, -0.2) is 17.1 Å². The maximum Gasteiger partial charge on any atom is 0.226 e. The average molecular weight is 266 g/mol. The van der Waals surface area contributed by atoms with Gasteiger partial charge in [-0.2, -0.15) is 0 Å². The lowest BCUT2D eigenvalue weighted by molar-refractivity contribution is 0.415. The van der Waals surface area contributed by atoms with E-state index in [4.69, 9.17) is 9.15 Å². The Morgan fingerprint density at radius 3 is 2.30 bits per heavy atom. The molecule has 2 aromatic heterocycles. The van der Waals surface area contributed by atoms with Crippen molar-refractivity contribution in [3.63, 3.8) is 0 Å². The molecular weight excluding hydrogens is 252 g/mol. The summed E-state index contributed by atoms with van der Waals surface area (Å²) in [6, 6.07) is 11.5. The molecule has 4 heteroatoms. The molecule has 0 amide bonds. The molecule has 0 N–H and O–H groups in total. The van der Waals surface area contributed by atoms with Crippen LogP contribution in [0.25, 0.3) is 22.8 Å². The fourth-order valence-corrected chi connectivity index (χ4v) is 2.02. The van der Waals surface area contributed by atoms with Gasteiger partial charge in [0.25, 0.3) is 0 Å². The van der Waals surface area contributed by atoms with E-state index in [9.17, 15) is 0 Å². The number of hydrogen-bond donors (Lipinski definition) is 0. The zero-order valence-electron chi connectivity index (χ0n) is 11.3. The lowest BCUT2D eigenvalue weighted by Crippen LogP contribution is -1.82. The van der Waals surface area contributed by atoms with Crippen molar-refractivity contribution < 1.29 is 9.15 Å². The van der Waals surface area contributed by atoms with E-state index in [-0.39, 0.29) is 0 Å². The summed E-state index contributed by atoms with van der Waals surface area (Å²) in [4.78, 5) is 8.49. The number of aromatic nitrogens is 2. The lowest BCUT2D eigenvalue weighted by atomic mass is 10.2. The molecule has 100 valence electrons. The summed E-state index contributed by atoms with van der Waals surface area (Å²) in [5.74, 6) is 2.20. The minimum Gasteiger partial charge on any atom is -0.497 e. The Kier molecular flexibility index (Phi) is 3.21. The Bertz CT molecular complexity index is 703. The van der Waals surface area contributed by atoms with Crippen molar-refractivity contribution in [3.05, 3.63) is 54.5 Å². The van der Waals surface area contributed by atoms with Crippen LogP contribution in [0, 0.1) is 6.92 Å². The van der Waals surface area contributed by atoms with Gasteiger partial charge in [-0.25, -0.2) is 4.98 Å². The third kappa shape index (κ3) is 2.28. The fourth-order valence-electron chi connectivity index (χ4n) is 2.02. The Hall–Kier alpha value is -2.62. The minimum atomic E-state index is 0.608. The first-order valence-electron chi connectivity index (χ1n) is 6.30. The van der Waals surface area contributed by atoms with Crippen LogP contribution in [0.3, 0.4) is 0 Å². The molecule has 0 atom stereocenters. The number of nitrogens with zero attached hydrogens (tertiary/aromatic N) is 2. The molecule has 3 rings (SSSR count). The number of pyridine rings is 1. The predicted octanol–water partition coefficient (Wildman–Crippen LogP) is 3.72. The third-order valence-corrected chi connectivity index (χ3v) is 3.08. The van der Waals surface area contributed by atoms with Crippen molar-refractivity contribution >= 4 is 0 Å². The van der Waals surface area contributed by atoms with E-state index >= 15 is 0 Å². The third-order valence-electron chi connectivity index (χ3n) is 3.08. The van der Waals surface area contributed by atoms with Crippen LogP contribution < -0.4 is 4.74 Å². The highest BCUT2D eigenvalue weighted by atomic mass is 16.5. The quantitative estimate of drug-likeness (QED) is 0.725. The summed E-state index contributed by atoms with van der Waals surface area (Å²) in [5, 5.41) is 0. The maximum absolute atomic E-state index is 5.88. The Balaban J connectivity index is 2.00. The number of methoxy groups -OCH3 is 1. The number of aryl methyl sites for hydroxylation is 1. The molecule has 0 aliphatic carbocycles. The van der Waals surface area contributed by atoms with E-state index in [0.29, 0.717) is 5.89 Å². The summed E-state index contributed by atoms with van der Waals surface area (Å²) >= 11 is 0. The summed E-state index contributed by atoms with van der Waals surface area (Å²) < 4.78 is 11.0. The highest BCUT2D eigenvalue weighted by molar-refractivity contribution is 5.63. The smallest absolute Gasteiger partial charge is 0.226 e. The van der Waals surface area contributed by atoms with Crippen molar-refractivity contribution in [2.45, 2.75) is 6.92 Å². The van der Waals surface area contributed by atoms with E-state index < -0.39 is 0 Å². The van der Waals surface area contributed by atoms with E-state index in [2.05, 4.69) is 9.97 Å². The summed E-state index contributed by atoms with van der Waals surface area (Å²) in [6.45, 7) is 1.94. The zero-order chi connectivity index (χ0) is 13.9. The standard InChI is InChI=1S/C16H14N2O2/c1-11-15(12-7-9-17-10-8-12)20-16(18-11)13-3-5-14(19-2)6-4-13/h3-10H,1-2H3. The van der Waals surface area contributed by atoms with Gasteiger partial charge in [-0.1, -0.05) is 0 Å². The maximum atomic E-state index is 5.88. The summed E-state index contributed by atoms with van der Waals surface area (Å²) in [5.41, 5.74) is 2.76. The van der Waals surface area contributed by atoms with Gasteiger partial charge in [0.15, 0.2) is 5.76 Å². The molecule has 3 aromatic rings. The number of benzene rings is 1. The normalized spacial score (nSPS) is 10.5. The molecule has 0 saturated heterocycles. The molecule has 0 unspecified atom stereocenters. The van der Waals surface area contributed by atoms with E-state index in [1.165, 1.54) is 0 Å². The molecule has 0 radical (unpaired) electrons. The van der Waals surface area contributed by atoms with Gasteiger partial charge in [0.1, 0.15) is 5.75 Å². The molecule has 0 fully saturated rings. The SMILES string of the molecule is COc1ccc(-c2nc(C)c(-c3ccncc3)o2)cc1. The molecule has 0 aliphatic rings. The van der Waals surface area contributed by atoms with Crippen molar-refractivity contribution in [1.82, 2.24) is 9.97 Å². The number of hydrogen-bond acceptors (Lipinski definition) is 4. The molecule has 2 heterocycles. The van der Waals surface area contributed by atoms with Gasteiger partial charge in [-0.05, 0) is 43.3 Å². The van der Waals surface area contributed by atoms with Crippen LogP contribution >= 0.6 is 0 Å². The van der Waals surface area contributed by atoms with Gasteiger partial charge < -0.3 is 9.15 Å².